The maximum absolute atomic E-state index is 12.7. The van der Waals surface area contributed by atoms with Crippen molar-refractivity contribution in [3.8, 4) is 5.75 Å². The first-order valence-electron chi connectivity index (χ1n) is 14.6. The van der Waals surface area contributed by atoms with Crippen molar-refractivity contribution in [3.63, 3.8) is 0 Å². The van der Waals surface area contributed by atoms with E-state index in [1.165, 1.54) is 6.42 Å². The van der Waals surface area contributed by atoms with Crippen LogP contribution in [0.3, 0.4) is 0 Å². The Hall–Kier alpha value is -4.13. The van der Waals surface area contributed by atoms with Crippen molar-refractivity contribution in [2.24, 2.45) is 0 Å². The number of nitrogens with zero attached hydrogens (tertiary/aromatic N) is 1. The molecule has 0 fully saturated rings. The summed E-state index contributed by atoms with van der Waals surface area (Å²) in [4.78, 5) is 25.9. The number of carbonyl (C=O) groups excluding carboxylic acids is 2. The highest BCUT2D eigenvalue weighted by molar-refractivity contribution is 6.14. The van der Waals surface area contributed by atoms with E-state index in [1.54, 1.807) is 18.2 Å². The van der Waals surface area contributed by atoms with E-state index in [0.717, 1.165) is 37.8 Å². The zero-order valence-electron chi connectivity index (χ0n) is 25.2. The van der Waals surface area contributed by atoms with E-state index in [4.69, 9.17) is 15.9 Å². The van der Waals surface area contributed by atoms with Gasteiger partial charge in [0, 0.05) is 47.9 Å². The second-order valence-electron chi connectivity index (χ2n) is 10.2. The van der Waals surface area contributed by atoms with Gasteiger partial charge in [-0.15, -0.1) is 0 Å². The van der Waals surface area contributed by atoms with Crippen molar-refractivity contribution in [3.05, 3.63) is 95.1 Å². The minimum atomic E-state index is -0.224. The van der Waals surface area contributed by atoms with Gasteiger partial charge in [0.05, 0.1) is 5.71 Å². The number of benzene rings is 3. The molecular formula is C34H46N4O3. The Morgan fingerprint density at radius 1 is 1.00 bits per heavy atom. The van der Waals surface area contributed by atoms with Crippen LogP contribution in [0.15, 0.2) is 72.8 Å². The molecule has 0 aromatic heterocycles. The van der Waals surface area contributed by atoms with Gasteiger partial charge in [0.15, 0.2) is 0 Å². The fourth-order valence-electron chi connectivity index (χ4n) is 4.29. The Morgan fingerprint density at radius 2 is 1.63 bits per heavy atom. The quantitative estimate of drug-likeness (QED) is 0.114. The Balaban J connectivity index is 0.00000187. The van der Waals surface area contributed by atoms with Crippen molar-refractivity contribution in [2.75, 3.05) is 12.3 Å². The molecule has 2 atom stereocenters. The smallest absolute Gasteiger partial charge is 0.251 e. The predicted octanol–water partition coefficient (Wildman–Crippen LogP) is 6.84. The third kappa shape index (κ3) is 10.4. The number of nitrogen functional groups attached to an aromatic ring is 1. The molecule has 0 aliphatic carbocycles. The number of anilines is 1. The number of nitrogens with two attached hydrogens (primary N) is 1. The fourth-order valence-corrected chi connectivity index (χ4v) is 4.29. The molecule has 0 saturated carbocycles. The Labute approximate surface area is 245 Å². The van der Waals surface area contributed by atoms with Crippen molar-refractivity contribution >= 4 is 23.7 Å². The lowest BCUT2D eigenvalue weighted by atomic mass is 9.98. The molecule has 0 aliphatic rings. The van der Waals surface area contributed by atoms with Gasteiger partial charge in [-0.1, -0.05) is 64.4 Å². The Bertz CT molecular complexity index is 1230. The van der Waals surface area contributed by atoms with E-state index in [2.05, 4.69) is 33.0 Å². The first-order chi connectivity index (χ1) is 19.8. The summed E-state index contributed by atoms with van der Waals surface area (Å²) in [6.07, 6.45) is 4.60. The number of carbonyl (C=O) groups is 2. The van der Waals surface area contributed by atoms with E-state index in [0.29, 0.717) is 34.7 Å². The first kappa shape index (κ1) is 33.1. The van der Waals surface area contributed by atoms with Crippen molar-refractivity contribution in [2.45, 2.75) is 79.0 Å². The van der Waals surface area contributed by atoms with E-state index in [-0.39, 0.29) is 23.8 Å². The van der Waals surface area contributed by atoms with Crippen LogP contribution in [0.5, 0.6) is 5.75 Å². The summed E-state index contributed by atoms with van der Waals surface area (Å²) in [5.74, 6) is 0.481. The lowest BCUT2D eigenvalue weighted by molar-refractivity contribution is -0.120. The number of hydrogen-bond acceptors (Lipinski definition) is 5. The summed E-state index contributed by atoms with van der Waals surface area (Å²) in [6.45, 7) is 11.6. The second-order valence-corrected chi connectivity index (χ2v) is 10.2. The van der Waals surface area contributed by atoms with E-state index >= 15 is 0 Å². The molecule has 0 saturated heterocycles. The summed E-state index contributed by atoms with van der Waals surface area (Å²) in [7, 11) is 0. The van der Waals surface area contributed by atoms with Crippen LogP contribution in [-0.2, 0) is 11.3 Å². The zero-order valence-corrected chi connectivity index (χ0v) is 25.2. The van der Waals surface area contributed by atoms with Gasteiger partial charge in [0.1, 0.15) is 11.9 Å². The molecule has 4 N–H and O–H groups in total. The molecule has 7 nitrogen and oxygen atoms in total. The molecule has 2 amide bonds. The normalized spacial score (nSPS) is 11.8. The van der Waals surface area contributed by atoms with Crippen LogP contribution in [0.25, 0.3) is 0 Å². The summed E-state index contributed by atoms with van der Waals surface area (Å²) >= 11 is 0. The van der Waals surface area contributed by atoms with Gasteiger partial charge in [-0.2, -0.15) is 0 Å². The maximum Gasteiger partial charge on any atom is 0.251 e. The van der Waals surface area contributed by atoms with Gasteiger partial charge in [-0.25, -0.2) is 0 Å². The van der Waals surface area contributed by atoms with Crippen LogP contribution in [0.2, 0.25) is 0 Å². The predicted molar refractivity (Wildman–Crippen MR) is 169 cm³/mol. The third-order valence-electron chi connectivity index (χ3n) is 6.57. The average molecular weight is 559 g/mol. The molecule has 3 aromatic rings. The molecule has 0 heterocycles. The van der Waals surface area contributed by atoms with Crippen LogP contribution in [0, 0.1) is 5.41 Å². The molecule has 2 unspecified atom stereocenters. The van der Waals surface area contributed by atoms with Crippen LogP contribution in [0.4, 0.5) is 5.69 Å². The highest BCUT2D eigenvalue weighted by Gasteiger charge is 2.18. The molecule has 3 rings (SSSR count). The molecule has 0 aliphatic heterocycles. The van der Waals surface area contributed by atoms with Gasteiger partial charge in [-0.05, 0) is 67.8 Å². The molecule has 0 bridgehead atoms. The molecule has 41 heavy (non-hydrogen) atoms. The number of amides is 2. The van der Waals surface area contributed by atoms with Crippen LogP contribution in [0.1, 0.15) is 87.4 Å². The summed E-state index contributed by atoms with van der Waals surface area (Å²) in [5.41, 5.74) is 9.47. The topological polar surface area (TPSA) is 109 Å². The number of hydrogen-bond donors (Lipinski definition) is 3. The highest BCUT2D eigenvalue weighted by atomic mass is 16.5. The minimum absolute atomic E-state index is 0.0312. The zero-order chi connectivity index (χ0) is 30.2. The van der Waals surface area contributed by atoms with Crippen LogP contribution >= 0.6 is 0 Å². The van der Waals surface area contributed by atoms with Crippen molar-refractivity contribution in [1.29, 1.82) is 5.41 Å². The Morgan fingerprint density at radius 3 is 2.22 bits per heavy atom. The highest BCUT2D eigenvalue weighted by Crippen LogP contribution is 2.23. The second kappa shape index (κ2) is 17.5. The summed E-state index contributed by atoms with van der Waals surface area (Å²) in [5, 5.41) is 11.7. The number of ether oxygens (including phenoxy) is 1. The minimum Gasteiger partial charge on any atom is -0.490 e. The number of nitrogens with one attached hydrogen (secondary N) is 2. The number of rotatable bonds is 14. The molecular weight excluding hydrogens is 512 g/mol. The van der Waals surface area contributed by atoms with E-state index in [9.17, 15) is 9.59 Å². The summed E-state index contributed by atoms with van der Waals surface area (Å²) in [6, 6.07) is 22.1. The van der Waals surface area contributed by atoms with E-state index < -0.39 is 0 Å². The summed E-state index contributed by atoms with van der Waals surface area (Å²) < 4.78 is 6.19. The third-order valence-corrected chi connectivity index (χ3v) is 6.57. The average Bonchev–Trinajstić information content (AvgIpc) is 2.99. The molecule has 3 aromatic carbocycles. The van der Waals surface area contributed by atoms with Crippen molar-refractivity contribution < 1.29 is 14.3 Å². The largest absolute Gasteiger partial charge is 0.490 e. The lowest BCUT2D eigenvalue weighted by Gasteiger charge is -2.28. The van der Waals surface area contributed by atoms with Gasteiger partial charge in [0.25, 0.3) is 5.91 Å². The van der Waals surface area contributed by atoms with Crippen molar-refractivity contribution in [1.82, 2.24) is 10.2 Å². The Kier molecular flexibility index (Phi) is 14.1. The maximum atomic E-state index is 12.7. The van der Waals surface area contributed by atoms with Crippen LogP contribution < -0.4 is 15.8 Å². The van der Waals surface area contributed by atoms with Gasteiger partial charge in [0.2, 0.25) is 6.41 Å². The first-order valence-corrected chi connectivity index (χ1v) is 14.6. The van der Waals surface area contributed by atoms with Gasteiger partial charge >= 0.3 is 0 Å². The molecule has 0 radical (unpaired) electrons. The standard InChI is InChI=1S/C31H38N4O3.C3H8/c1-4-17-35(21-36)22(3)18-26(5-2)38-27-14-11-24(12-15-27)30(33)28-19-25(13-16-29(28)32)31(37)34-20-23-9-7-6-8-10-23;1-3-2/h6-16,19,21-22,26,33H,4-5,17-18,20,32H2,1-3H3,(H,34,37);3H2,1-2H3. The SMILES string of the molecule is CCC.CCCN(C=O)C(C)CC(CC)Oc1ccc(C(=N)c2cc(C(=O)NCc3ccccc3)ccc2N)cc1. The molecule has 0 spiro atoms. The van der Waals surface area contributed by atoms with Crippen LogP contribution in [-0.4, -0.2) is 41.6 Å². The monoisotopic (exact) mass is 558 g/mol. The van der Waals surface area contributed by atoms with Gasteiger partial charge in [-0.3, -0.25) is 15.0 Å². The van der Waals surface area contributed by atoms with Gasteiger partial charge < -0.3 is 20.7 Å². The fraction of sp³-hybridized carbons (Fsp3) is 0.382. The lowest BCUT2D eigenvalue weighted by Crippen LogP contribution is -2.36. The van der Waals surface area contributed by atoms with E-state index in [1.807, 2.05) is 66.4 Å². The molecule has 7 heteroatoms. The molecule has 220 valence electrons.